The van der Waals surface area contributed by atoms with E-state index >= 15 is 0 Å². The van der Waals surface area contributed by atoms with Gasteiger partial charge >= 0.3 is 5.97 Å². The van der Waals surface area contributed by atoms with Gasteiger partial charge in [0.2, 0.25) is 0 Å². The van der Waals surface area contributed by atoms with E-state index in [0.717, 1.165) is 41.5 Å². The van der Waals surface area contributed by atoms with Crippen molar-refractivity contribution in [2.24, 2.45) is 0 Å². The third-order valence-corrected chi connectivity index (χ3v) is 6.82. The number of aliphatic hydroxyl groups excluding tert-OH is 1. The van der Waals surface area contributed by atoms with Gasteiger partial charge in [-0.05, 0) is 30.5 Å². The van der Waals surface area contributed by atoms with E-state index in [4.69, 9.17) is 14.2 Å². The number of hydrogen-bond acceptors (Lipinski definition) is 6. The number of aliphatic hydroxyl groups is 1. The van der Waals surface area contributed by atoms with E-state index in [1.165, 1.54) is 0 Å². The molecule has 6 nitrogen and oxygen atoms in total. The number of methoxy groups -OCH3 is 2. The molecule has 0 amide bonds. The first-order chi connectivity index (χ1) is 14.6. The highest BCUT2D eigenvalue weighted by atomic mass is 16.7. The summed E-state index contributed by atoms with van der Waals surface area (Å²) in [5, 5.41) is 9.21. The van der Waals surface area contributed by atoms with Gasteiger partial charge in [0.05, 0.1) is 18.7 Å². The smallest absolute Gasteiger partial charge is 0.332 e. The molecule has 1 aromatic carbocycles. The molecule has 6 heteroatoms. The molecule has 4 aliphatic rings. The third kappa shape index (κ3) is 2.85. The molecule has 2 saturated heterocycles. The summed E-state index contributed by atoms with van der Waals surface area (Å²) < 4.78 is 17.1. The molecule has 3 aliphatic heterocycles. The molecule has 2 fully saturated rings. The first kappa shape index (κ1) is 19.5. The first-order valence-electron chi connectivity index (χ1n) is 10.3. The number of rotatable bonds is 4. The molecule has 2 bridgehead atoms. The minimum atomic E-state index is -0.623. The van der Waals surface area contributed by atoms with E-state index in [9.17, 15) is 9.90 Å². The summed E-state index contributed by atoms with van der Waals surface area (Å²) in [5.74, 6) is 6.20. The maximum atomic E-state index is 12.3. The largest absolute Gasteiger partial charge is 0.449 e. The maximum absolute atomic E-state index is 12.3. The lowest BCUT2D eigenvalue weighted by Gasteiger charge is -2.33. The van der Waals surface area contributed by atoms with Gasteiger partial charge in [-0.1, -0.05) is 30.0 Å². The molecule has 0 aromatic heterocycles. The Bertz CT molecular complexity index is 981. The normalized spacial score (nSPS) is 31.6. The number of benzene rings is 1. The Morgan fingerprint density at radius 3 is 2.70 bits per heavy atom. The summed E-state index contributed by atoms with van der Waals surface area (Å²) in [5.41, 5.74) is 2.86. The molecule has 156 valence electrons. The molecule has 1 N–H and O–H groups in total. The lowest BCUT2D eigenvalue weighted by molar-refractivity contribution is -0.151. The maximum Gasteiger partial charge on any atom is 0.332 e. The van der Waals surface area contributed by atoms with Crippen LogP contribution in [0.4, 0.5) is 0 Å². The Balaban J connectivity index is 1.51. The van der Waals surface area contributed by atoms with Crippen LogP contribution in [0.25, 0.3) is 0 Å². The molecule has 3 heterocycles. The minimum Gasteiger partial charge on any atom is -0.449 e. The summed E-state index contributed by atoms with van der Waals surface area (Å²) in [4.78, 5) is 14.7. The second-order valence-corrected chi connectivity index (χ2v) is 8.27. The van der Waals surface area contributed by atoms with Crippen molar-refractivity contribution in [1.29, 1.82) is 0 Å². The van der Waals surface area contributed by atoms with Gasteiger partial charge in [-0.2, -0.15) is 0 Å². The fourth-order valence-electron chi connectivity index (χ4n) is 5.63. The number of ether oxygens (including phenoxy) is 3. The first-order valence-corrected chi connectivity index (χ1v) is 10.3. The zero-order valence-corrected chi connectivity index (χ0v) is 17.1. The highest BCUT2D eigenvalue weighted by Crippen LogP contribution is 2.56. The average molecular weight is 407 g/mol. The topological polar surface area (TPSA) is 68.2 Å². The highest BCUT2D eigenvalue weighted by Gasteiger charge is 2.65. The van der Waals surface area contributed by atoms with Gasteiger partial charge < -0.3 is 19.3 Å². The quantitative estimate of drug-likeness (QED) is 0.467. The van der Waals surface area contributed by atoms with Crippen molar-refractivity contribution >= 4 is 5.97 Å². The fourth-order valence-corrected chi connectivity index (χ4v) is 5.63. The third-order valence-electron chi connectivity index (χ3n) is 6.82. The molecule has 4 atom stereocenters. The lowest BCUT2D eigenvalue weighted by Crippen LogP contribution is -2.48. The fraction of sp³-hybridized carbons (Fsp3) is 0.458. The van der Waals surface area contributed by atoms with Gasteiger partial charge in [0.1, 0.15) is 0 Å². The van der Waals surface area contributed by atoms with Crippen molar-refractivity contribution in [2.45, 2.75) is 55.9 Å². The Morgan fingerprint density at radius 2 is 2.00 bits per heavy atom. The number of nitrogens with zero attached hydrogens (tertiary/aromatic N) is 1. The van der Waals surface area contributed by atoms with E-state index in [0.29, 0.717) is 0 Å². The molecular formula is C24H25NO5. The van der Waals surface area contributed by atoms with Crippen molar-refractivity contribution in [1.82, 2.24) is 4.90 Å². The van der Waals surface area contributed by atoms with Crippen molar-refractivity contribution in [3.8, 4) is 11.8 Å². The van der Waals surface area contributed by atoms with Crippen LogP contribution in [0.5, 0.6) is 0 Å². The van der Waals surface area contributed by atoms with E-state index in [-0.39, 0.29) is 37.0 Å². The molecule has 1 unspecified atom stereocenters. The van der Waals surface area contributed by atoms with Crippen LogP contribution in [0.1, 0.15) is 30.4 Å². The molecule has 0 saturated carbocycles. The molecule has 1 spiro atoms. The number of fused-ring (bicyclic) bond motifs is 3. The summed E-state index contributed by atoms with van der Waals surface area (Å²) in [6.07, 6.45) is 6.08. The minimum absolute atomic E-state index is 0.0116. The van der Waals surface area contributed by atoms with E-state index in [1.807, 2.05) is 24.3 Å². The monoisotopic (exact) mass is 407 g/mol. The standard InChI is InChI=1S/C24H25NO5/c1-28-23(29-2)20-9-10-21-24-13-18(25(20)21)11-17(19(24)12-22(27)30-24)8-7-15-3-5-16(14-26)6-4-15/h3-6,11-12,18,20-21,23,26H,9-10,13-14H2,1-2H3/t18-,20?,21-,24+/m1/s1. The van der Waals surface area contributed by atoms with Crippen LogP contribution < -0.4 is 0 Å². The van der Waals surface area contributed by atoms with Crippen molar-refractivity contribution < 1.29 is 24.1 Å². The predicted molar refractivity (Wildman–Crippen MR) is 109 cm³/mol. The van der Waals surface area contributed by atoms with Gasteiger partial charge in [0, 0.05) is 49.5 Å². The Morgan fingerprint density at radius 1 is 1.23 bits per heavy atom. The second kappa shape index (κ2) is 7.36. The predicted octanol–water partition coefficient (Wildman–Crippen LogP) is 1.92. The number of esters is 1. The summed E-state index contributed by atoms with van der Waals surface area (Å²) in [6, 6.07) is 7.87. The summed E-state index contributed by atoms with van der Waals surface area (Å²) >= 11 is 0. The molecular weight excluding hydrogens is 382 g/mol. The number of carbonyl (C=O) groups excluding carboxylic acids is 1. The van der Waals surface area contributed by atoms with E-state index in [2.05, 4.69) is 22.8 Å². The number of hydrogen-bond donors (Lipinski definition) is 1. The number of carbonyl (C=O) groups is 1. The lowest BCUT2D eigenvalue weighted by atomic mass is 9.77. The molecule has 5 rings (SSSR count). The zero-order valence-electron chi connectivity index (χ0n) is 17.1. The van der Waals surface area contributed by atoms with Gasteiger partial charge in [-0.15, -0.1) is 0 Å². The Kier molecular flexibility index (Phi) is 4.79. The Hall–Kier alpha value is -2.43. The SMILES string of the molecule is COC(OC)C1CC[C@H]2N1[C@@H]1C=C(C#Cc3ccc(CO)cc3)C3=CC(=O)O[C@@]32C1. The van der Waals surface area contributed by atoms with Crippen molar-refractivity contribution in [3.63, 3.8) is 0 Å². The van der Waals surface area contributed by atoms with E-state index < -0.39 is 5.60 Å². The van der Waals surface area contributed by atoms with Crippen LogP contribution in [0.3, 0.4) is 0 Å². The van der Waals surface area contributed by atoms with Crippen LogP contribution in [0.15, 0.2) is 47.6 Å². The van der Waals surface area contributed by atoms with Gasteiger partial charge in [0.25, 0.3) is 0 Å². The molecule has 0 radical (unpaired) electrons. The van der Waals surface area contributed by atoms with Crippen molar-refractivity contribution in [3.05, 3.63) is 58.7 Å². The molecule has 1 aromatic rings. The van der Waals surface area contributed by atoms with Crippen LogP contribution in [-0.2, 0) is 25.6 Å². The Labute approximate surface area is 176 Å². The molecule has 1 aliphatic carbocycles. The van der Waals surface area contributed by atoms with Gasteiger partial charge in [0.15, 0.2) is 11.9 Å². The van der Waals surface area contributed by atoms with Crippen LogP contribution in [0.2, 0.25) is 0 Å². The summed E-state index contributed by atoms with van der Waals surface area (Å²) in [6.45, 7) is 0.0116. The van der Waals surface area contributed by atoms with E-state index in [1.54, 1.807) is 20.3 Å². The average Bonchev–Trinajstić information content (AvgIpc) is 3.41. The zero-order chi connectivity index (χ0) is 20.9. The van der Waals surface area contributed by atoms with Crippen LogP contribution >= 0.6 is 0 Å². The van der Waals surface area contributed by atoms with Gasteiger partial charge in [-0.3, -0.25) is 4.90 Å². The summed E-state index contributed by atoms with van der Waals surface area (Å²) in [7, 11) is 3.33. The van der Waals surface area contributed by atoms with Gasteiger partial charge in [-0.25, -0.2) is 4.79 Å². The highest BCUT2D eigenvalue weighted by molar-refractivity contribution is 5.90. The molecule has 30 heavy (non-hydrogen) atoms. The van der Waals surface area contributed by atoms with Crippen molar-refractivity contribution in [2.75, 3.05) is 14.2 Å². The van der Waals surface area contributed by atoms with Crippen LogP contribution in [0, 0.1) is 11.8 Å². The second-order valence-electron chi connectivity index (χ2n) is 8.27. The van der Waals surface area contributed by atoms with Crippen LogP contribution in [-0.4, -0.2) is 60.2 Å².